The van der Waals surface area contributed by atoms with E-state index in [0.29, 0.717) is 0 Å². The van der Waals surface area contributed by atoms with Gasteiger partial charge in [-0.25, -0.2) is 0 Å². The zero-order valence-corrected chi connectivity index (χ0v) is 29.1. The van der Waals surface area contributed by atoms with Crippen LogP contribution in [0, 0.1) is 0 Å². The molecule has 3 aliphatic heterocycles. The van der Waals surface area contributed by atoms with Gasteiger partial charge in [0.25, 0.3) is 6.71 Å². The third-order valence-corrected chi connectivity index (χ3v) is 11.7. The van der Waals surface area contributed by atoms with Crippen molar-refractivity contribution in [2.75, 3.05) is 4.90 Å². The quantitative estimate of drug-likeness (QED) is 0.182. The van der Waals surface area contributed by atoms with Crippen molar-refractivity contribution < 1.29 is 4.74 Å². The Kier molecular flexibility index (Phi) is 6.69. The Labute approximate surface area is 311 Å². The molecule has 3 aliphatic rings. The average Bonchev–Trinajstić information content (AvgIpc) is 3.23. The Balaban J connectivity index is 1.13. The van der Waals surface area contributed by atoms with Crippen LogP contribution in [-0.4, -0.2) is 13.4 Å². The van der Waals surface area contributed by atoms with E-state index >= 15 is 0 Å². The molecule has 0 amide bonds. The van der Waals surface area contributed by atoms with E-state index in [-0.39, 0.29) is 13.4 Å². The average molecular weight is 673 g/mol. The molecule has 53 heavy (non-hydrogen) atoms. The number of nitrogens with zero attached hydrogens (tertiary/aromatic N) is 1. The predicted octanol–water partition coefficient (Wildman–Crippen LogP) is 7.30. The fourth-order valence-electron chi connectivity index (χ4n) is 9.75. The van der Waals surface area contributed by atoms with E-state index < -0.39 is 5.41 Å². The smallest absolute Gasteiger partial charge is 0.251 e. The first-order valence-electron chi connectivity index (χ1n) is 18.5. The second kappa shape index (κ2) is 11.8. The summed E-state index contributed by atoms with van der Waals surface area (Å²) in [5, 5.41) is 0. The standard InChI is InChI=1S/C49H33B2NO/c1-3-16-35(17-4-1)52(36-18-5-2-6-19-36)37-32-30-34(31-33-37)50-42-24-10-7-20-38(42)49(39-21-8-11-25-43(39)50)40-22-9-12-26-44(40)51-45-27-13-14-28-46(45)53-47-29-15-23-41(49)48(47)51/h1-33H. The molecule has 0 saturated carbocycles. The highest BCUT2D eigenvalue weighted by Crippen LogP contribution is 2.48. The van der Waals surface area contributed by atoms with E-state index in [0.717, 1.165) is 28.6 Å². The molecule has 11 rings (SSSR count). The van der Waals surface area contributed by atoms with Crippen molar-refractivity contribution in [1.29, 1.82) is 0 Å². The Morgan fingerprint density at radius 3 is 1.36 bits per heavy atom. The lowest BCUT2D eigenvalue weighted by Gasteiger charge is -2.50. The van der Waals surface area contributed by atoms with Crippen LogP contribution >= 0.6 is 0 Å². The third-order valence-electron chi connectivity index (χ3n) is 11.7. The number of benzene rings is 8. The second-order valence-electron chi connectivity index (χ2n) is 14.3. The molecule has 3 heterocycles. The summed E-state index contributed by atoms with van der Waals surface area (Å²) in [5.74, 6) is 1.90. The lowest BCUT2D eigenvalue weighted by Crippen LogP contribution is -2.68. The van der Waals surface area contributed by atoms with Gasteiger partial charge in [-0.1, -0.05) is 174 Å². The number of para-hydroxylation sites is 3. The molecule has 0 fully saturated rings. The van der Waals surface area contributed by atoms with Crippen LogP contribution in [0.1, 0.15) is 22.3 Å². The highest BCUT2D eigenvalue weighted by atomic mass is 16.5. The normalized spacial score (nSPS) is 13.9. The summed E-state index contributed by atoms with van der Waals surface area (Å²) in [7, 11) is 0. The summed E-state index contributed by atoms with van der Waals surface area (Å²) in [6.07, 6.45) is 0. The van der Waals surface area contributed by atoms with Gasteiger partial charge in [-0.15, -0.1) is 0 Å². The van der Waals surface area contributed by atoms with Crippen LogP contribution in [-0.2, 0) is 5.41 Å². The number of rotatable bonds is 4. The second-order valence-corrected chi connectivity index (χ2v) is 14.3. The molecule has 0 aromatic heterocycles. The summed E-state index contributed by atoms with van der Waals surface area (Å²) in [5.41, 5.74) is 16.0. The molecule has 0 saturated heterocycles. The summed E-state index contributed by atoms with van der Waals surface area (Å²) in [4.78, 5) is 2.33. The molecule has 0 unspecified atom stereocenters. The largest absolute Gasteiger partial charge is 0.458 e. The van der Waals surface area contributed by atoms with E-state index in [4.69, 9.17) is 4.74 Å². The lowest BCUT2D eigenvalue weighted by atomic mass is 9.26. The molecule has 0 atom stereocenters. The number of anilines is 3. The van der Waals surface area contributed by atoms with Crippen LogP contribution in [0.15, 0.2) is 200 Å². The maximum absolute atomic E-state index is 6.73. The first kappa shape index (κ1) is 30.1. The van der Waals surface area contributed by atoms with Gasteiger partial charge in [-0.3, -0.25) is 0 Å². The first-order chi connectivity index (χ1) is 26.3. The minimum absolute atomic E-state index is 0.0605. The monoisotopic (exact) mass is 673 g/mol. The molecule has 4 heteroatoms. The van der Waals surface area contributed by atoms with Crippen molar-refractivity contribution in [2.45, 2.75) is 5.41 Å². The van der Waals surface area contributed by atoms with Gasteiger partial charge in [-0.05, 0) is 81.7 Å². The van der Waals surface area contributed by atoms with Crippen molar-refractivity contribution in [3.8, 4) is 11.5 Å². The molecule has 8 aromatic rings. The van der Waals surface area contributed by atoms with E-state index in [1.807, 2.05) is 0 Å². The maximum Gasteiger partial charge on any atom is 0.251 e. The number of fused-ring (bicyclic) bond motifs is 10. The van der Waals surface area contributed by atoms with Crippen molar-refractivity contribution in [3.05, 3.63) is 222 Å². The summed E-state index contributed by atoms with van der Waals surface area (Å²) in [6, 6.07) is 73.3. The number of ether oxygens (including phenoxy) is 1. The van der Waals surface area contributed by atoms with Gasteiger partial charge in [0.15, 0.2) is 0 Å². The lowest BCUT2D eigenvalue weighted by molar-refractivity contribution is 0.486. The number of hydrogen-bond acceptors (Lipinski definition) is 2. The summed E-state index contributed by atoms with van der Waals surface area (Å²) < 4.78 is 6.73. The first-order valence-corrected chi connectivity index (χ1v) is 18.5. The minimum Gasteiger partial charge on any atom is -0.458 e. The van der Waals surface area contributed by atoms with E-state index in [1.54, 1.807) is 0 Å². The zero-order valence-electron chi connectivity index (χ0n) is 29.1. The summed E-state index contributed by atoms with van der Waals surface area (Å²) >= 11 is 0. The molecule has 0 N–H and O–H groups in total. The molecular formula is C49H33B2NO. The third kappa shape index (κ3) is 4.30. The topological polar surface area (TPSA) is 12.5 Å². The molecular weight excluding hydrogens is 640 g/mol. The molecule has 246 valence electrons. The predicted molar refractivity (Wildman–Crippen MR) is 222 cm³/mol. The van der Waals surface area contributed by atoms with Crippen molar-refractivity contribution in [3.63, 3.8) is 0 Å². The van der Waals surface area contributed by atoms with Gasteiger partial charge in [-0.2, -0.15) is 0 Å². The molecule has 1 spiro atoms. The minimum atomic E-state index is -0.519. The fourth-order valence-corrected chi connectivity index (χ4v) is 9.75. The molecule has 2 nitrogen and oxygen atoms in total. The van der Waals surface area contributed by atoms with Crippen LogP contribution in [0.25, 0.3) is 0 Å². The Morgan fingerprint density at radius 1 is 0.340 bits per heavy atom. The van der Waals surface area contributed by atoms with Crippen LogP contribution in [0.2, 0.25) is 0 Å². The molecule has 0 aliphatic carbocycles. The Hall–Kier alpha value is -6.51. The van der Waals surface area contributed by atoms with Gasteiger partial charge in [0, 0.05) is 17.1 Å². The SMILES string of the molecule is c1ccc(N(c2ccccc2)c2ccc(B3c4ccccc4C4(c5ccccc53)c3ccccc3B3c5ccccc5Oc5cccc4c53)cc2)cc1. The van der Waals surface area contributed by atoms with Crippen LogP contribution in [0.3, 0.4) is 0 Å². The van der Waals surface area contributed by atoms with Crippen molar-refractivity contribution in [2.24, 2.45) is 0 Å². The highest BCUT2D eigenvalue weighted by Gasteiger charge is 2.54. The number of hydrogen-bond donors (Lipinski definition) is 0. The van der Waals surface area contributed by atoms with E-state index in [1.165, 1.54) is 55.0 Å². The van der Waals surface area contributed by atoms with Crippen molar-refractivity contribution in [1.82, 2.24) is 0 Å². The molecule has 8 aromatic carbocycles. The fraction of sp³-hybridized carbons (Fsp3) is 0.0204. The van der Waals surface area contributed by atoms with Crippen LogP contribution in [0.5, 0.6) is 11.5 Å². The summed E-state index contributed by atoms with van der Waals surface area (Å²) in [6.45, 7) is 0.153. The molecule has 0 radical (unpaired) electrons. The van der Waals surface area contributed by atoms with Gasteiger partial charge in [0.05, 0.1) is 5.41 Å². The zero-order chi connectivity index (χ0) is 34.9. The van der Waals surface area contributed by atoms with Crippen LogP contribution < -0.4 is 42.4 Å². The Morgan fingerprint density at radius 2 is 0.774 bits per heavy atom. The van der Waals surface area contributed by atoms with E-state index in [9.17, 15) is 0 Å². The molecule has 0 bridgehead atoms. The highest BCUT2D eigenvalue weighted by molar-refractivity contribution is 6.99. The van der Waals surface area contributed by atoms with Gasteiger partial charge >= 0.3 is 0 Å². The Bertz CT molecular complexity index is 2590. The maximum atomic E-state index is 6.73. The van der Waals surface area contributed by atoms with Gasteiger partial charge in [0.2, 0.25) is 6.71 Å². The van der Waals surface area contributed by atoms with Gasteiger partial charge in [0.1, 0.15) is 11.5 Å². The van der Waals surface area contributed by atoms with E-state index in [2.05, 4.69) is 205 Å². The van der Waals surface area contributed by atoms with Gasteiger partial charge < -0.3 is 9.64 Å². The van der Waals surface area contributed by atoms with Crippen LogP contribution in [0.4, 0.5) is 17.1 Å². The van der Waals surface area contributed by atoms with Crippen molar-refractivity contribution >= 4 is 63.3 Å².